The standard InChI is InChI=1S/C24H32ClF2N5O5SSi/c1-24(17-10-16(6-7-18(17)26)11-19(27)20-12-29-21(25)13-28-20)14-38(35,36)31(2)22(30-24)32(23(33)34)15-37-8-9-39(3,4)5/h6-7,10-13,35-36H,8-9,14-15H2,1-5H3,(H,33,34). The molecular formula is C24H32ClF2N5O5SSi. The number of guanidine groups is 1. The zero-order chi connectivity index (χ0) is 29.2. The Kier molecular flexibility index (Phi) is 9.40. The lowest BCUT2D eigenvalue weighted by Gasteiger charge is -2.51. The van der Waals surface area contributed by atoms with Crippen molar-refractivity contribution in [2.24, 2.45) is 4.99 Å². The first kappa shape index (κ1) is 30.9. The molecule has 0 radical (unpaired) electrons. The lowest BCUT2D eigenvalue weighted by molar-refractivity contribution is 0.0650. The SMILES string of the molecule is CN1C(N(COCC[Si](C)(C)C)C(=O)O)=NC(C)(c2cc(C=C(F)c3cnc(Cl)cn3)ccc2F)CS1(O)O. The van der Waals surface area contributed by atoms with E-state index < -0.39 is 54.6 Å². The van der Waals surface area contributed by atoms with Gasteiger partial charge in [0, 0.05) is 27.3 Å². The first-order valence-electron chi connectivity index (χ1n) is 11.9. The van der Waals surface area contributed by atoms with Gasteiger partial charge in [0.25, 0.3) is 0 Å². The molecule has 0 saturated carbocycles. The molecule has 2 heterocycles. The molecule has 0 saturated heterocycles. The molecule has 1 aromatic carbocycles. The third-order valence-corrected chi connectivity index (χ3v) is 9.85. The topological polar surface area (TPSA) is 132 Å². The van der Waals surface area contributed by atoms with Crippen LogP contribution in [0.25, 0.3) is 11.9 Å². The molecule has 214 valence electrons. The Bertz CT molecular complexity index is 1280. The third-order valence-electron chi connectivity index (χ3n) is 5.96. The zero-order valence-electron chi connectivity index (χ0n) is 22.2. The Hall–Kier alpha value is -2.62. The van der Waals surface area contributed by atoms with E-state index in [4.69, 9.17) is 16.3 Å². The van der Waals surface area contributed by atoms with E-state index in [1.165, 1.54) is 32.3 Å². The number of carboxylic acid groups (broad SMARTS) is 1. The Morgan fingerprint density at radius 2 is 2.00 bits per heavy atom. The molecule has 1 aromatic heterocycles. The van der Waals surface area contributed by atoms with Gasteiger partial charge in [0.05, 0.1) is 18.1 Å². The number of aliphatic imine (C=N–C) groups is 1. The van der Waals surface area contributed by atoms with Crippen molar-refractivity contribution >= 4 is 54.4 Å². The molecule has 1 aliphatic heterocycles. The van der Waals surface area contributed by atoms with Crippen LogP contribution in [0, 0.1) is 5.82 Å². The number of halogens is 3. The molecule has 2 aromatic rings. The minimum absolute atomic E-state index is 0.0817. The molecule has 1 amide bonds. The van der Waals surface area contributed by atoms with Crippen molar-refractivity contribution in [3.8, 4) is 0 Å². The van der Waals surface area contributed by atoms with E-state index in [9.17, 15) is 23.4 Å². The van der Waals surface area contributed by atoms with E-state index in [0.29, 0.717) is 6.61 Å². The molecule has 15 heteroatoms. The average molecular weight is 604 g/mol. The van der Waals surface area contributed by atoms with Crippen molar-refractivity contribution < 1.29 is 32.5 Å². The maximum absolute atomic E-state index is 15.2. The van der Waals surface area contributed by atoms with E-state index >= 15 is 4.39 Å². The van der Waals surface area contributed by atoms with E-state index in [0.717, 1.165) is 33.6 Å². The minimum Gasteiger partial charge on any atom is -0.465 e. The van der Waals surface area contributed by atoms with E-state index in [2.05, 4.69) is 34.6 Å². The van der Waals surface area contributed by atoms with Gasteiger partial charge in [0.15, 0.2) is 5.83 Å². The molecule has 3 rings (SSSR count). The number of aromatic nitrogens is 2. The second-order valence-electron chi connectivity index (χ2n) is 10.5. The van der Waals surface area contributed by atoms with Crippen LogP contribution < -0.4 is 0 Å². The first-order chi connectivity index (χ1) is 18.0. The number of hydrogen-bond acceptors (Lipinski definition) is 8. The summed E-state index contributed by atoms with van der Waals surface area (Å²) in [5.41, 5.74) is -1.55. The quantitative estimate of drug-likeness (QED) is 0.184. The molecule has 0 spiro atoms. The van der Waals surface area contributed by atoms with Crippen LogP contribution in [-0.4, -0.2) is 79.7 Å². The fraction of sp³-hybridized carbons (Fsp3) is 0.417. The lowest BCUT2D eigenvalue weighted by atomic mass is 9.92. The van der Waals surface area contributed by atoms with Crippen LogP contribution in [0.4, 0.5) is 13.6 Å². The highest BCUT2D eigenvalue weighted by atomic mass is 35.5. The van der Waals surface area contributed by atoms with Crippen LogP contribution in [0.1, 0.15) is 23.7 Å². The van der Waals surface area contributed by atoms with Crippen molar-refractivity contribution in [2.45, 2.75) is 38.1 Å². The van der Waals surface area contributed by atoms with Crippen molar-refractivity contribution in [2.75, 3.05) is 26.1 Å². The van der Waals surface area contributed by atoms with Crippen molar-refractivity contribution in [3.05, 3.63) is 58.4 Å². The van der Waals surface area contributed by atoms with Gasteiger partial charge < -0.3 is 9.84 Å². The van der Waals surface area contributed by atoms with Crippen LogP contribution >= 0.6 is 22.4 Å². The summed E-state index contributed by atoms with van der Waals surface area (Å²) in [6, 6.07) is 4.54. The second kappa shape index (κ2) is 11.9. The highest BCUT2D eigenvalue weighted by Gasteiger charge is 2.45. The predicted molar refractivity (Wildman–Crippen MR) is 152 cm³/mol. The van der Waals surface area contributed by atoms with Crippen molar-refractivity contribution in [3.63, 3.8) is 0 Å². The van der Waals surface area contributed by atoms with Gasteiger partial charge in [0.1, 0.15) is 28.9 Å². The smallest absolute Gasteiger partial charge is 0.416 e. The van der Waals surface area contributed by atoms with Crippen LogP contribution in [0.15, 0.2) is 35.6 Å². The maximum Gasteiger partial charge on any atom is 0.416 e. The summed E-state index contributed by atoms with van der Waals surface area (Å²) < 4.78 is 58.3. The monoisotopic (exact) mass is 603 g/mol. The number of rotatable bonds is 8. The fourth-order valence-electron chi connectivity index (χ4n) is 3.73. The number of ether oxygens (including phenoxy) is 1. The molecule has 0 bridgehead atoms. The summed E-state index contributed by atoms with van der Waals surface area (Å²) in [6.07, 6.45) is 2.01. The molecule has 3 N–H and O–H groups in total. The average Bonchev–Trinajstić information content (AvgIpc) is 2.82. The van der Waals surface area contributed by atoms with Gasteiger partial charge in [-0.15, -0.1) is 10.8 Å². The Morgan fingerprint density at radius 3 is 2.59 bits per heavy atom. The molecule has 0 aliphatic carbocycles. The normalized spacial score (nSPS) is 20.4. The van der Waals surface area contributed by atoms with Crippen LogP contribution in [0.2, 0.25) is 30.8 Å². The summed E-state index contributed by atoms with van der Waals surface area (Å²) in [5.74, 6) is -2.24. The van der Waals surface area contributed by atoms with E-state index in [1.54, 1.807) is 0 Å². The number of amides is 1. The number of nitrogens with zero attached hydrogens (tertiary/aromatic N) is 5. The van der Waals surface area contributed by atoms with Gasteiger partial charge >= 0.3 is 6.09 Å². The third kappa shape index (κ3) is 7.74. The molecule has 1 aliphatic rings. The summed E-state index contributed by atoms with van der Waals surface area (Å²) in [4.78, 5) is 25.0. The van der Waals surface area contributed by atoms with Gasteiger partial charge in [-0.05, 0) is 36.7 Å². The highest BCUT2D eigenvalue weighted by Crippen LogP contribution is 2.52. The minimum atomic E-state index is -3.64. The molecule has 39 heavy (non-hydrogen) atoms. The number of benzene rings is 1. The highest BCUT2D eigenvalue weighted by molar-refractivity contribution is 8.22. The Morgan fingerprint density at radius 1 is 1.31 bits per heavy atom. The molecule has 0 fully saturated rings. The molecule has 1 atom stereocenters. The largest absolute Gasteiger partial charge is 0.465 e. The van der Waals surface area contributed by atoms with Gasteiger partial charge in [-0.2, -0.15) is 0 Å². The first-order valence-corrected chi connectivity index (χ1v) is 17.6. The van der Waals surface area contributed by atoms with E-state index in [1.807, 2.05) is 0 Å². The van der Waals surface area contributed by atoms with Gasteiger partial charge in [-0.1, -0.05) is 37.3 Å². The Labute approximate surface area is 233 Å². The summed E-state index contributed by atoms with van der Waals surface area (Å²) >= 11 is 5.70. The second-order valence-corrected chi connectivity index (χ2v) is 18.6. The van der Waals surface area contributed by atoms with Crippen molar-refractivity contribution in [1.82, 2.24) is 19.2 Å². The summed E-state index contributed by atoms with van der Waals surface area (Å²) in [6.45, 7) is 7.81. The number of carbonyl (C=O) groups is 1. The van der Waals surface area contributed by atoms with Gasteiger partial charge in [0.2, 0.25) is 5.96 Å². The molecular weight excluding hydrogens is 572 g/mol. The van der Waals surface area contributed by atoms with Crippen LogP contribution in [-0.2, 0) is 10.3 Å². The van der Waals surface area contributed by atoms with Crippen LogP contribution in [0.3, 0.4) is 0 Å². The Balaban J connectivity index is 2.00. The number of hydrogen-bond donors (Lipinski definition) is 3. The lowest BCUT2D eigenvalue weighted by Crippen LogP contribution is -2.53. The zero-order valence-corrected chi connectivity index (χ0v) is 24.8. The van der Waals surface area contributed by atoms with Crippen molar-refractivity contribution in [1.29, 1.82) is 0 Å². The summed E-state index contributed by atoms with van der Waals surface area (Å²) in [7, 11) is -3.78. The summed E-state index contributed by atoms with van der Waals surface area (Å²) in [5, 5.41) is 9.98. The van der Waals surface area contributed by atoms with Gasteiger partial charge in [-0.3, -0.25) is 9.11 Å². The molecule has 1 unspecified atom stereocenters. The molecule has 10 nitrogen and oxygen atoms in total. The van der Waals surface area contributed by atoms with Crippen LogP contribution in [0.5, 0.6) is 0 Å². The maximum atomic E-state index is 15.2. The fourth-order valence-corrected chi connectivity index (χ4v) is 6.15. The predicted octanol–water partition coefficient (Wildman–Crippen LogP) is 6.21. The van der Waals surface area contributed by atoms with E-state index in [-0.39, 0.29) is 27.9 Å². The van der Waals surface area contributed by atoms with Gasteiger partial charge in [-0.25, -0.2) is 37.7 Å².